The fourth-order valence-corrected chi connectivity index (χ4v) is 3.23. The van der Waals surface area contributed by atoms with E-state index in [0.717, 1.165) is 11.8 Å². The Morgan fingerprint density at radius 3 is 2.09 bits per heavy atom. The lowest BCUT2D eigenvalue weighted by molar-refractivity contribution is 0.244. The number of hydrogen-bond donors (Lipinski definition) is 1. The van der Waals surface area contributed by atoms with E-state index in [1.54, 1.807) is 14.2 Å². The van der Waals surface area contributed by atoms with Crippen molar-refractivity contribution in [2.45, 2.75) is 19.5 Å². The van der Waals surface area contributed by atoms with Crippen LogP contribution in [0.2, 0.25) is 12.6 Å². The first kappa shape index (κ1) is 11.5. The molecule has 0 rings (SSSR count). The van der Waals surface area contributed by atoms with E-state index in [1.807, 2.05) is 0 Å². The highest BCUT2D eigenvalue weighted by molar-refractivity contribution is 7.80. The van der Waals surface area contributed by atoms with Crippen LogP contribution >= 0.6 is 12.6 Å². The predicted octanol–water partition coefficient (Wildman–Crippen LogP) is 1.92. The molecule has 0 saturated heterocycles. The molecule has 0 radical (unpaired) electrons. The molecule has 68 valence electrons. The number of rotatable bonds is 5. The molecule has 0 heterocycles. The van der Waals surface area contributed by atoms with Crippen LogP contribution in [0.1, 0.15) is 6.92 Å². The van der Waals surface area contributed by atoms with Gasteiger partial charge in [-0.2, -0.15) is 12.6 Å². The summed E-state index contributed by atoms with van der Waals surface area (Å²) in [6.45, 7) is 4.24. The first-order valence-electron chi connectivity index (χ1n) is 3.79. The molecule has 0 amide bonds. The quantitative estimate of drug-likeness (QED) is 0.532. The van der Waals surface area contributed by atoms with Gasteiger partial charge in [0, 0.05) is 14.2 Å². The molecule has 0 aliphatic carbocycles. The lowest BCUT2D eigenvalue weighted by Gasteiger charge is -2.25. The lowest BCUT2D eigenvalue weighted by Crippen LogP contribution is -2.38. The summed E-state index contributed by atoms with van der Waals surface area (Å²) in [4.78, 5) is 0. The van der Waals surface area contributed by atoms with E-state index < -0.39 is 8.56 Å². The Balaban J connectivity index is 3.86. The van der Waals surface area contributed by atoms with Crippen LogP contribution in [0.15, 0.2) is 0 Å². The molecule has 0 aliphatic heterocycles. The molecule has 0 N–H and O–H groups in total. The lowest BCUT2D eigenvalue weighted by atomic mass is 10.3. The molecule has 1 unspecified atom stereocenters. The summed E-state index contributed by atoms with van der Waals surface area (Å²) in [5.41, 5.74) is 0. The van der Waals surface area contributed by atoms with Crippen molar-refractivity contribution >= 4 is 21.2 Å². The van der Waals surface area contributed by atoms with Gasteiger partial charge in [-0.25, -0.2) is 0 Å². The summed E-state index contributed by atoms with van der Waals surface area (Å²) in [6.07, 6.45) is 0. The largest absolute Gasteiger partial charge is 0.398 e. The molecule has 0 aromatic heterocycles. The van der Waals surface area contributed by atoms with Gasteiger partial charge < -0.3 is 8.85 Å². The van der Waals surface area contributed by atoms with Crippen LogP contribution in [-0.2, 0) is 8.85 Å². The Morgan fingerprint density at radius 2 is 1.82 bits per heavy atom. The van der Waals surface area contributed by atoms with Gasteiger partial charge >= 0.3 is 8.56 Å². The zero-order valence-electron chi connectivity index (χ0n) is 7.76. The van der Waals surface area contributed by atoms with Crippen LogP contribution in [0.25, 0.3) is 0 Å². The summed E-state index contributed by atoms with van der Waals surface area (Å²) in [5.74, 6) is 1.48. The van der Waals surface area contributed by atoms with E-state index in [0.29, 0.717) is 5.92 Å². The Labute approximate surface area is 75.9 Å². The van der Waals surface area contributed by atoms with Crippen molar-refractivity contribution in [1.29, 1.82) is 0 Å². The third-order valence-corrected chi connectivity index (χ3v) is 5.68. The molecular formula is C7H18O2SSi. The minimum absolute atomic E-state index is 0.579. The molecule has 0 aromatic carbocycles. The van der Waals surface area contributed by atoms with Crippen molar-refractivity contribution < 1.29 is 8.85 Å². The summed E-state index contributed by atoms with van der Waals surface area (Å²) < 4.78 is 10.7. The van der Waals surface area contributed by atoms with E-state index in [2.05, 4.69) is 26.1 Å². The maximum atomic E-state index is 5.34. The highest BCUT2D eigenvalue weighted by Crippen LogP contribution is 2.18. The average Bonchev–Trinajstić information content (AvgIpc) is 2.04. The van der Waals surface area contributed by atoms with Gasteiger partial charge in [0.05, 0.1) is 0 Å². The topological polar surface area (TPSA) is 18.5 Å². The van der Waals surface area contributed by atoms with Gasteiger partial charge in [-0.15, -0.1) is 0 Å². The van der Waals surface area contributed by atoms with E-state index in [1.165, 1.54) is 0 Å². The first-order valence-corrected chi connectivity index (χ1v) is 6.94. The minimum Gasteiger partial charge on any atom is -0.398 e. The molecule has 0 spiro atoms. The molecule has 0 aromatic rings. The Bertz CT molecular complexity index is 107. The second-order valence-corrected chi connectivity index (χ2v) is 6.89. The zero-order chi connectivity index (χ0) is 8.91. The van der Waals surface area contributed by atoms with Gasteiger partial charge in [-0.3, -0.25) is 0 Å². The van der Waals surface area contributed by atoms with Gasteiger partial charge in [-0.05, 0) is 24.3 Å². The van der Waals surface area contributed by atoms with Gasteiger partial charge in [0.1, 0.15) is 0 Å². The van der Waals surface area contributed by atoms with Crippen LogP contribution in [0, 0.1) is 5.92 Å². The highest BCUT2D eigenvalue weighted by Gasteiger charge is 2.30. The summed E-state index contributed by atoms with van der Waals surface area (Å²) in [6, 6.07) is 1.02. The fourth-order valence-electron chi connectivity index (χ4n) is 0.948. The molecule has 0 saturated carbocycles. The first-order chi connectivity index (χ1) is 5.08. The fraction of sp³-hybridized carbons (Fsp3) is 1.00. The maximum Gasteiger partial charge on any atom is 0.334 e. The normalized spacial score (nSPS) is 15.0. The standard InChI is InChI=1S/C7H18O2SSi/c1-7(5-10)6-11(4,8-2)9-3/h7,10H,5-6H2,1-4H3. The second-order valence-electron chi connectivity index (χ2n) is 3.03. The van der Waals surface area contributed by atoms with Gasteiger partial charge in [0.2, 0.25) is 0 Å². The van der Waals surface area contributed by atoms with Crippen LogP contribution in [0.4, 0.5) is 0 Å². The molecule has 11 heavy (non-hydrogen) atoms. The van der Waals surface area contributed by atoms with E-state index >= 15 is 0 Å². The monoisotopic (exact) mass is 194 g/mol. The SMILES string of the molecule is CO[Si](C)(CC(C)CS)OC. The van der Waals surface area contributed by atoms with Crippen molar-refractivity contribution in [3.8, 4) is 0 Å². The van der Waals surface area contributed by atoms with Crippen molar-refractivity contribution in [1.82, 2.24) is 0 Å². The highest BCUT2D eigenvalue weighted by atomic mass is 32.1. The minimum atomic E-state index is -1.83. The molecule has 2 nitrogen and oxygen atoms in total. The van der Waals surface area contributed by atoms with Crippen molar-refractivity contribution in [3.63, 3.8) is 0 Å². The number of thiol groups is 1. The molecule has 4 heteroatoms. The van der Waals surface area contributed by atoms with Crippen LogP contribution < -0.4 is 0 Å². The molecule has 0 fully saturated rings. The summed E-state index contributed by atoms with van der Waals surface area (Å²) in [7, 11) is 1.62. The number of hydrogen-bond acceptors (Lipinski definition) is 3. The second kappa shape index (κ2) is 5.19. The van der Waals surface area contributed by atoms with Crippen LogP contribution in [-0.4, -0.2) is 28.5 Å². The van der Waals surface area contributed by atoms with Crippen molar-refractivity contribution in [2.75, 3.05) is 20.0 Å². The van der Waals surface area contributed by atoms with Gasteiger partial charge in [0.15, 0.2) is 0 Å². The molecule has 0 bridgehead atoms. The van der Waals surface area contributed by atoms with Gasteiger partial charge in [0.25, 0.3) is 0 Å². The van der Waals surface area contributed by atoms with Gasteiger partial charge in [-0.1, -0.05) is 6.92 Å². The van der Waals surface area contributed by atoms with Crippen molar-refractivity contribution in [2.24, 2.45) is 5.92 Å². The smallest absolute Gasteiger partial charge is 0.334 e. The Kier molecular flexibility index (Phi) is 5.42. The Morgan fingerprint density at radius 1 is 1.36 bits per heavy atom. The van der Waals surface area contributed by atoms with E-state index in [9.17, 15) is 0 Å². The third-order valence-electron chi connectivity index (χ3n) is 1.89. The predicted molar refractivity (Wildman–Crippen MR) is 53.5 cm³/mol. The molecular weight excluding hydrogens is 176 g/mol. The van der Waals surface area contributed by atoms with Crippen LogP contribution in [0.5, 0.6) is 0 Å². The van der Waals surface area contributed by atoms with E-state index in [4.69, 9.17) is 8.85 Å². The van der Waals surface area contributed by atoms with Crippen molar-refractivity contribution in [3.05, 3.63) is 0 Å². The summed E-state index contributed by atoms with van der Waals surface area (Å²) in [5, 5.41) is 0. The van der Waals surface area contributed by atoms with E-state index in [-0.39, 0.29) is 0 Å². The van der Waals surface area contributed by atoms with Crippen LogP contribution in [0.3, 0.4) is 0 Å². The molecule has 1 atom stereocenters. The molecule has 0 aliphatic rings. The zero-order valence-corrected chi connectivity index (χ0v) is 9.65. The maximum absolute atomic E-state index is 5.34. The third kappa shape index (κ3) is 4.15. The Hall–Kier alpha value is 0.487. The summed E-state index contributed by atoms with van der Waals surface area (Å²) >= 11 is 4.22. The average molecular weight is 194 g/mol.